The SMILES string of the molecule is Cc1nn(C)c(C)c1CNC(=O)c1cc(S)ccc1F. The zero-order valence-corrected chi connectivity index (χ0v) is 12.5. The maximum Gasteiger partial charge on any atom is 0.254 e. The summed E-state index contributed by atoms with van der Waals surface area (Å²) in [6, 6.07) is 4.15. The van der Waals surface area contributed by atoms with E-state index >= 15 is 0 Å². The molecule has 6 heteroatoms. The van der Waals surface area contributed by atoms with E-state index in [-0.39, 0.29) is 5.56 Å². The predicted octanol–water partition coefficient (Wildman–Crippen LogP) is 2.39. The first kappa shape index (κ1) is 14.6. The monoisotopic (exact) mass is 293 g/mol. The highest BCUT2D eigenvalue weighted by Crippen LogP contribution is 2.15. The summed E-state index contributed by atoms with van der Waals surface area (Å²) in [6.07, 6.45) is 0. The number of nitrogens with zero attached hydrogens (tertiary/aromatic N) is 2. The quantitative estimate of drug-likeness (QED) is 0.854. The molecule has 0 unspecified atom stereocenters. The van der Waals surface area contributed by atoms with Crippen LogP contribution in [-0.4, -0.2) is 15.7 Å². The van der Waals surface area contributed by atoms with Crippen LogP contribution < -0.4 is 5.32 Å². The van der Waals surface area contributed by atoms with E-state index in [0.717, 1.165) is 17.0 Å². The van der Waals surface area contributed by atoms with Crippen LogP contribution in [0.15, 0.2) is 23.1 Å². The number of benzene rings is 1. The Morgan fingerprint density at radius 3 is 2.75 bits per heavy atom. The number of nitrogens with one attached hydrogen (secondary N) is 1. The van der Waals surface area contributed by atoms with E-state index in [1.807, 2.05) is 20.9 Å². The van der Waals surface area contributed by atoms with Crippen molar-refractivity contribution in [2.24, 2.45) is 7.05 Å². The van der Waals surface area contributed by atoms with Crippen molar-refractivity contribution in [3.05, 3.63) is 46.5 Å². The second-order valence-electron chi connectivity index (χ2n) is 4.62. The lowest BCUT2D eigenvalue weighted by molar-refractivity contribution is 0.0946. The summed E-state index contributed by atoms with van der Waals surface area (Å²) in [6.45, 7) is 4.13. The first-order chi connectivity index (χ1) is 9.40. The van der Waals surface area contributed by atoms with E-state index in [1.165, 1.54) is 18.2 Å². The highest BCUT2D eigenvalue weighted by Gasteiger charge is 2.14. The molecule has 1 aromatic heterocycles. The molecule has 0 bridgehead atoms. The molecule has 0 atom stereocenters. The van der Waals surface area contributed by atoms with E-state index in [1.54, 1.807) is 4.68 Å². The summed E-state index contributed by atoms with van der Waals surface area (Å²) in [5, 5.41) is 6.98. The molecule has 0 spiro atoms. The third-order valence-corrected chi connectivity index (χ3v) is 3.56. The molecule has 2 aromatic rings. The minimum atomic E-state index is -0.556. The minimum absolute atomic E-state index is 0.00306. The zero-order chi connectivity index (χ0) is 14.9. The summed E-state index contributed by atoms with van der Waals surface area (Å²) < 4.78 is 15.4. The van der Waals surface area contributed by atoms with Crippen LogP contribution in [0.3, 0.4) is 0 Å². The van der Waals surface area contributed by atoms with Crippen LogP contribution in [0.1, 0.15) is 27.3 Å². The van der Waals surface area contributed by atoms with Gasteiger partial charge in [-0.15, -0.1) is 12.6 Å². The lowest BCUT2D eigenvalue weighted by Gasteiger charge is -2.07. The molecule has 1 aromatic carbocycles. The summed E-state index contributed by atoms with van der Waals surface area (Å²) in [7, 11) is 1.84. The Morgan fingerprint density at radius 1 is 1.45 bits per heavy atom. The highest BCUT2D eigenvalue weighted by atomic mass is 32.1. The Labute approximate surface area is 122 Å². The van der Waals surface area contributed by atoms with Crippen molar-refractivity contribution in [2.45, 2.75) is 25.3 Å². The fourth-order valence-corrected chi connectivity index (χ4v) is 2.23. The van der Waals surface area contributed by atoms with Crippen molar-refractivity contribution in [2.75, 3.05) is 0 Å². The minimum Gasteiger partial charge on any atom is -0.348 e. The van der Waals surface area contributed by atoms with Gasteiger partial charge >= 0.3 is 0 Å². The molecule has 4 nitrogen and oxygen atoms in total. The van der Waals surface area contributed by atoms with Crippen molar-refractivity contribution < 1.29 is 9.18 Å². The van der Waals surface area contributed by atoms with Gasteiger partial charge in [-0.2, -0.15) is 5.10 Å². The second kappa shape index (κ2) is 5.66. The third kappa shape index (κ3) is 2.85. The number of carbonyl (C=O) groups excluding carboxylic acids is 1. The zero-order valence-electron chi connectivity index (χ0n) is 11.6. The van der Waals surface area contributed by atoms with Gasteiger partial charge in [-0.1, -0.05) is 0 Å². The van der Waals surface area contributed by atoms with Gasteiger partial charge in [0, 0.05) is 29.7 Å². The molecule has 2 rings (SSSR count). The third-order valence-electron chi connectivity index (χ3n) is 3.28. The van der Waals surface area contributed by atoms with E-state index in [2.05, 4.69) is 23.0 Å². The Morgan fingerprint density at radius 2 is 2.15 bits per heavy atom. The predicted molar refractivity (Wildman–Crippen MR) is 77.5 cm³/mol. The molecule has 106 valence electrons. The second-order valence-corrected chi connectivity index (χ2v) is 5.14. The maximum absolute atomic E-state index is 13.6. The molecular weight excluding hydrogens is 277 g/mol. The van der Waals surface area contributed by atoms with Crippen molar-refractivity contribution in [1.29, 1.82) is 0 Å². The topological polar surface area (TPSA) is 46.9 Å². The fourth-order valence-electron chi connectivity index (χ4n) is 2.02. The smallest absolute Gasteiger partial charge is 0.254 e. The number of amides is 1. The van der Waals surface area contributed by atoms with Crippen LogP contribution in [0.5, 0.6) is 0 Å². The van der Waals surface area contributed by atoms with Gasteiger partial charge in [-0.3, -0.25) is 9.48 Å². The summed E-state index contributed by atoms with van der Waals surface area (Å²) in [4.78, 5) is 12.6. The van der Waals surface area contributed by atoms with Crippen molar-refractivity contribution in [3.63, 3.8) is 0 Å². The van der Waals surface area contributed by atoms with Gasteiger partial charge in [0.1, 0.15) is 5.82 Å². The molecule has 0 aliphatic heterocycles. The molecule has 1 heterocycles. The molecule has 0 fully saturated rings. The Hall–Kier alpha value is -1.82. The van der Waals surface area contributed by atoms with Crippen molar-refractivity contribution in [3.8, 4) is 0 Å². The molecular formula is C14H16FN3OS. The Balaban J connectivity index is 2.15. The van der Waals surface area contributed by atoms with Crippen LogP contribution in [0, 0.1) is 19.7 Å². The number of aromatic nitrogens is 2. The van der Waals surface area contributed by atoms with Crippen LogP contribution in [0.2, 0.25) is 0 Å². The molecule has 1 amide bonds. The summed E-state index contributed by atoms with van der Waals surface area (Å²) in [5.74, 6) is -1.01. The van der Waals surface area contributed by atoms with E-state index in [0.29, 0.717) is 11.4 Å². The molecule has 0 aliphatic rings. The first-order valence-electron chi connectivity index (χ1n) is 6.16. The number of halogens is 1. The van der Waals surface area contributed by atoms with Gasteiger partial charge in [0.15, 0.2) is 0 Å². The number of carbonyl (C=O) groups is 1. The van der Waals surface area contributed by atoms with E-state index in [4.69, 9.17) is 0 Å². The van der Waals surface area contributed by atoms with Gasteiger partial charge in [0.05, 0.1) is 11.3 Å². The molecule has 0 saturated carbocycles. The number of hydrogen-bond acceptors (Lipinski definition) is 3. The highest BCUT2D eigenvalue weighted by molar-refractivity contribution is 7.80. The molecule has 20 heavy (non-hydrogen) atoms. The van der Waals surface area contributed by atoms with Gasteiger partial charge < -0.3 is 5.32 Å². The van der Waals surface area contributed by atoms with Crippen LogP contribution in [0.25, 0.3) is 0 Å². The standard InChI is InChI=1S/C14H16FN3OS/c1-8-12(9(2)18(3)17-8)7-16-14(19)11-6-10(20)4-5-13(11)15/h4-6,20H,7H2,1-3H3,(H,16,19). The fraction of sp³-hybridized carbons (Fsp3) is 0.286. The molecule has 0 saturated heterocycles. The summed E-state index contributed by atoms with van der Waals surface area (Å²) in [5.41, 5.74) is 2.78. The van der Waals surface area contributed by atoms with Gasteiger partial charge in [-0.25, -0.2) is 4.39 Å². The average molecular weight is 293 g/mol. The number of aryl methyl sites for hydroxylation is 2. The molecule has 0 aliphatic carbocycles. The van der Waals surface area contributed by atoms with E-state index < -0.39 is 11.7 Å². The van der Waals surface area contributed by atoms with Crippen molar-refractivity contribution >= 4 is 18.5 Å². The number of rotatable bonds is 3. The first-order valence-corrected chi connectivity index (χ1v) is 6.60. The van der Waals surface area contributed by atoms with Crippen LogP contribution in [-0.2, 0) is 13.6 Å². The van der Waals surface area contributed by atoms with Crippen molar-refractivity contribution in [1.82, 2.24) is 15.1 Å². The number of thiol groups is 1. The molecule has 1 N–H and O–H groups in total. The van der Waals surface area contributed by atoms with Gasteiger partial charge in [-0.05, 0) is 32.0 Å². The van der Waals surface area contributed by atoms with Gasteiger partial charge in [0.25, 0.3) is 5.91 Å². The largest absolute Gasteiger partial charge is 0.348 e. The summed E-state index contributed by atoms with van der Waals surface area (Å²) >= 11 is 4.11. The Bertz CT molecular complexity index is 667. The number of hydrogen-bond donors (Lipinski definition) is 2. The lowest BCUT2D eigenvalue weighted by Crippen LogP contribution is -2.24. The van der Waals surface area contributed by atoms with E-state index in [9.17, 15) is 9.18 Å². The molecule has 0 radical (unpaired) electrons. The van der Waals surface area contributed by atoms with Crippen LogP contribution >= 0.6 is 12.6 Å². The van der Waals surface area contributed by atoms with Gasteiger partial charge in [0.2, 0.25) is 0 Å². The lowest BCUT2D eigenvalue weighted by atomic mass is 10.1. The van der Waals surface area contributed by atoms with Crippen LogP contribution in [0.4, 0.5) is 4.39 Å². The average Bonchev–Trinajstić information content (AvgIpc) is 2.64. The normalized spacial score (nSPS) is 10.7. The Kier molecular flexibility index (Phi) is 4.13. The maximum atomic E-state index is 13.6.